The first-order chi connectivity index (χ1) is 9.41. The van der Waals surface area contributed by atoms with Gasteiger partial charge in [-0.3, -0.25) is 5.43 Å². The minimum Gasteiger partial charge on any atom is -0.360 e. The number of hydrogen-bond acceptors (Lipinski definition) is 3. The number of nitrogens with zero attached hydrogens (tertiary/aromatic N) is 2. The van der Waals surface area contributed by atoms with E-state index in [0.717, 1.165) is 6.54 Å². The minimum absolute atomic E-state index is 0.372. The molecule has 0 saturated heterocycles. The molecule has 110 valence electrons. The number of hydrazone groups is 1. The normalized spacial score (nSPS) is 12.7. The fourth-order valence-electron chi connectivity index (χ4n) is 1.25. The number of rotatable bonds is 5. The molecule has 0 spiro atoms. The molecule has 1 atom stereocenters. The second kappa shape index (κ2) is 8.42. The van der Waals surface area contributed by atoms with Crippen molar-refractivity contribution in [2.75, 3.05) is 20.6 Å². The predicted octanol–water partition coefficient (Wildman–Crippen LogP) is 2.74. The summed E-state index contributed by atoms with van der Waals surface area (Å²) in [5, 5.41) is 8.65. The molecule has 0 radical (unpaired) electrons. The maximum atomic E-state index is 6.02. The molecule has 1 aromatic carbocycles. The van der Waals surface area contributed by atoms with Gasteiger partial charge < -0.3 is 10.2 Å². The van der Waals surface area contributed by atoms with Gasteiger partial charge in [0, 0.05) is 18.2 Å². The highest BCUT2D eigenvalue weighted by atomic mass is 35.5. The van der Waals surface area contributed by atoms with E-state index in [1.54, 1.807) is 24.4 Å². The van der Waals surface area contributed by atoms with E-state index in [1.807, 2.05) is 14.1 Å². The van der Waals surface area contributed by atoms with Gasteiger partial charge in [-0.2, -0.15) is 5.10 Å². The smallest absolute Gasteiger partial charge is 0.187 e. The van der Waals surface area contributed by atoms with Gasteiger partial charge in [0.25, 0.3) is 0 Å². The zero-order valence-corrected chi connectivity index (χ0v) is 14.0. The Hall–Kier alpha value is -0.880. The number of thiocarbonyl (C=S) groups is 1. The van der Waals surface area contributed by atoms with Crippen LogP contribution in [-0.4, -0.2) is 42.9 Å². The number of nitrogens with one attached hydrogen (secondary N) is 2. The molecule has 0 bridgehead atoms. The standard InChI is InChI=1S/C13H18Cl2N4S/c1-9(19(2)3)7-16-13(20)18-17-8-10-11(14)5-4-6-12(10)15/h4-6,8-9H,7H2,1-3H3,(H2,16,18,20)/b17-8+. The Bertz CT molecular complexity index is 471. The first kappa shape index (κ1) is 17.2. The summed E-state index contributed by atoms with van der Waals surface area (Å²) >= 11 is 17.2. The van der Waals surface area contributed by atoms with Crippen molar-refractivity contribution in [3.05, 3.63) is 33.8 Å². The van der Waals surface area contributed by atoms with Crippen molar-refractivity contribution >= 4 is 46.7 Å². The Kier molecular flexibility index (Phi) is 7.23. The van der Waals surface area contributed by atoms with E-state index in [0.29, 0.717) is 26.8 Å². The van der Waals surface area contributed by atoms with Crippen molar-refractivity contribution in [3.63, 3.8) is 0 Å². The first-order valence-corrected chi connectivity index (χ1v) is 7.25. The van der Waals surface area contributed by atoms with E-state index < -0.39 is 0 Å². The van der Waals surface area contributed by atoms with Crippen LogP contribution >= 0.6 is 35.4 Å². The van der Waals surface area contributed by atoms with Crippen LogP contribution in [0.2, 0.25) is 10.0 Å². The fraction of sp³-hybridized carbons (Fsp3) is 0.385. The lowest BCUT2D eigenvalue weighted by atomic mass is 10.2. The van der Waals surface area contributed by atoms with Gasteiger partial charge in [0.2, 0.25) is 0 Å². The molecule has 20 heavy (non-hydrogen) atoms. The van der Waals surface area contributed by atoms with Gasteiger partial charge in [-0.1, -0.05) is 29.3 Å². The molecule has 0 saturated carbocycles. The summed E-state index contributed by atoms with van der Waals surface area (Å²) in [4.78, 5) is 2.10. The van der Waals surface area contributed by atoms with Crippen molar-refractivity contribution in [3.8, 4) is 0 Å². The minimum atomic E-state index is 0.372. The molecular formula is C13H18Cl2N4S. The van der Waals surface area contributed by atoms with E-state index in [2.05, 4.69) is 27.7 Å². The Morgan fingerprint density at radius 1 is 1.40 bits per heavy atom. The van der Waals surface area contributed by atoms with Crippen LogP contribution in [0.25, 0.3) is 0 Å². The van der Waals surface area contributed by atoms with Crippen molar-refractivity contribution in [1.82, 2.24) is 15.6 Å². The molecule has 1 rings (SSSR count). The van der Waals surface area contributed by atoms with E-state index in [-0.39, 0.29) is 0 Å². The van der Waals surface area contributed by atoms with Crippen molar-refractivity contribution in [2.24, 2.45) is 5.10 Å². The van der Waals surface area contributed by atoms with Crippen molar-refractivity contribution < 1.29 is 0 Å². The third-order valence-electron chi connectivity index (χ3n) is 2.80. The summed E-state index contributed by atoms with van der Waals surface area (Å²) in [7, 11) is 4.03. The Labute approximate surface area is 135 Å². The summed E-state index contributed by atoms with van der Waals surface area (Å²) in [6, 6.07) is 5.66. The number of halogens is 2. The van der Waals surface area contributed by atoms with Crippen LogP contribution in [0.15, 0.2) is 23.3 Å². The number of likely N-dealkylation sites (N-methyl/N-ethyl adjacent to an activating group) is 1. The second-order valence-electron chi connectivity index (χ2n) is 4.53. The number of hydrogen-bond donors (Lipinski definition) is 2. The highest BCUT2D eigenvalue weighted by Crippen LogP contribution is 2.21. The summed E-state index contributed by atoms with van der Waals surface area (Å²) in [5.74, 6) is 0. The highest BCUT2D eigenvalue weighted by molar-refractivity contribution is 7.80. The molecular weight excluding hydrogens is 315 g/mol. The molecule has 7 heteroatoms. The van der Waals surface area contributed by atoms with Gasteiger partial charge in [-0.25, -0.2) is 0 Å². The van der Waals surface area contributed by atoms with Gasteiger partial charge in [-0.15, -0.1) is 0 Å². The number of benzene rings is 1. The molecule has 1 unspecified atom stereocenters. The molecule has 4 nitrogen and oxygen atoms in total. The molecule has 1 aromatic rings. The van der Waals surface area contributed by atoms with Gasteiger partial charge in [0.1, 0.15) is 0 Å². The molecule has 0 amide bonds. The quantitative estimate of drug-likeness (QED) is 0.494. The van der Waals surface area contributed by atoms with E-state index in [9.17, 15) is 0 Å². The van der Waals surface area contributed by atoms with Crippen molar-refractivity contribution in [2.45, 2.75) is 13.0 Å². The lowest BCUT2D eigenvalue weighted by Crippen LogP contribution is -2.41. The largest absolute Gasteiger partial charge is 0.360 e. The molecule has 0 aliphatic rings. The molecule has 0 aliphatic carbocycles. The van der Waals surface area contributed by atoms with Crippen LogP contribution in [0, 0.1) is 0 Å². The maximum absolute atomic E-state index is 6.02. The van der Waals surface area contributed by atoms with Crippen LogP contribution in [0.5, 0.6) is 0 Å². The topological polar surface area (TPSA) is 39.7 Å². The lowest BCUT2D eigenvalue weighted by Gasteiger charge is -2.20. The zero-order chi connectivity index (χ0) is 15.1. The predicted molar refractivity (Wildman–Crippen MR) is 90.9 cm³/mol. The Balaban J connectivity index is 2.47. The van der Waals surface area contributed by atoms with E-state index in [4.69, 9.17) is 35.4 Å². The van der Waals surface area contributed by atoms with Crippen LogP contribution in [0.3, 0.4) is 0 Å². The van der Waals surface area contributed by atoms with E-state index in [1.165, 1.54) is 0 Å². The van der Waals surface area contributed by atoms with Gasteiger partial charge in [-0.05, 0) is 45.4 Å². The van der Waals surface area contributed by atoms with Gasteiger partial charge in [0.15, 0.2) is 5.11 Å². The molecule has 0 fully saturated rings. The van der Waals surface area contributed by atoms with Crippen LogP contribution in [0.4, 0.5) is 0 Å². The first-order valence-electron chi connectivity index (χ1n) is 6.09. The van der Waals surface area contributed by atoms with Gasteiger partial charge in [0.05, 0.1) is 16.3 Å². The Morgan fingerprint density at radius 2 is 2.00 bits per heavy atom. The molecule has 0 aliphatic heterocycles. The SMILES string of the molecule is CC(CNC(=S)N/N=C/c1c(Cl)cccc1Cl)N(C)C. The van der Waals surface area contributed by atoms with Crippen LogP contribution in [-0.2, 0) is 0 Å². The summed E-state index contributed by atoms with van der Waals surface area (Å²) in [6.07, 6.45) is 1.55. The average Bonchev–Trinajstić information content (AvgIpc) is 2.39. The summed E-state index contributed by atoms with van der Waals surface area (Å²) < 4.78 is 0. The summed E-state index contributed by atoms with van der Waals surface area (Å²) in [5.41, 5.74) is 3.39. The van der Waals surface area contributed by atoms with E-state index >= 15 is 0 Å². The average molecular weight is 333 g/mol. The second-order valence-corrected chi connectivity index (χ2v) is 5.75. The third kappa shape index (κ3) is 5.63. The highest BCUT2D eigenvalue weighted by Gasteiger charge is 2.05. The third-order valence-corrected chi connectivity index (χ3v) is 3.69. The molecule has 2 N–H and O–H groups in total. The van der Waals surface area contributed by atoms with Crippen LogP contribution < -0.4 is 10.7 Å². The van der Waals surface area contributed by atoms with Gasteiger partial charge >= 0.3 is 0 Å². The molecule has 0 heterocycles. The van der Waals surface area contributed by atoms with Crippen LogP contribution in [0.1, 0.15) is 12.5 Å². The zero-order valence-electron chi connectivity index (χ0n) is 11.7. The molecule has 0 aromatic heterocycles. The Morgan fingerprint density at radius 3 is 2.55 bits per heavy atom. The van der Waals surface area contributed by atoms with Crippen molar-refractivity contribution in [1.29, 1.82) is 0 Å². The maximum Gasteiger partial charge on any atom is 0.187 e. The monoisotopic (exact) mass is 332 g/mol. The lowest BCUT2D eigenvalue weighted by molar-refractivity contribution is 0.313. The summed E-state index contributed by atoms with van der Waals surface area (Å²) in [6.45, 7) is 2.84. The fourth-order valence-corrected chi connectivity index (χ4v) is 1.88.